The van der Waals surface area contributed by atoms with Crippen LogP contribution >= 0.6 is 11.8 Å². The molecule has 0 amide bonds. The number of hydrogen-bond acceptors (Lipinski definition) is 2. The van der Waals surface area contributed by atoms with Gasteiger partial charge in [-0.05, 0) is 22.1 Å². The summed E-state index contributed by atoms with van der Waals surface area (Å²) in [5.74, 6) is 0.877. The molecule has 0 radical (unpaired) electrons. The van der Waals surface area contributed by atoms with Crippen molar-refractivity contribution in [2.75, 3.05) is 5.75 Å². The third kappa shape index (κ3) is 1.93. The first-order valence-corrected chi connectivity index (χ1v) is 8.30. The molecule has 1 heterocycles. The van der Waals surface area contributed by atoms with Gasteiger partial charge in [0.05, 0.1) is 0 Å². The Bertz CT molecular complexity index is 812. The highest BCUT2D eigenvalue weighted by atomic mass is 32.2. The molecule has 2 aliphatic rings. The van der Waals surface area contributed by atoms with E-state index < -0.39 is 11.8 Å². The van der Waals surface area contributed by atoms with Crippen molar-refractivity contribution < 1.29 is 18.3 Å². The highest BCUT2D eigenvalue weighted by Gasteiger charge is 2.61. The summed E-state index contributed by atoms with van der Waals surface area (Å²) in [4.78, 5) is 0. The van der Waals surface area contributed by atoms with Gasteiger partial charge in [-0.25, -0.2) is 0 Å². The van der Waals surface area contributed by atoms with Crippen molar-refractivity contribution in [3.8, 4) is 11.1 Å². The Kier molecular flexibility index (Phi) is 3.15. The number of aliphatic hydroxyl groups is 1. The highest BCUT2D eigenvalue weighted by molar-refractivity contribution is 8.02. The van der Waals surface area contributed by atoms with Crippen LogP contribution in [0.3, 0.4) is 0 Å². The average molecular weight is 334 g/mol. The summed E-state index contributed by atoms with van der Waals surface area (Å²) >= 11 is 1.64. The van der Waals surface area contributed by atoms with Gasteiger partial charge in [-0.15, -0.1) is 11.8 Å². The van der Waals surface area contributed by atoms with Crippen LogP contribution in [0.2, 0.25) is 0 Å². The molecule has 118 valence electrons. The zero-order chi connectivity index (χ0) is 16.2. The normalized spacial score (nSPS) is 25.5. The lowest BCUT2D eigenvalue weighted by Crippen LogP contribution is -2.41. The molecule has 5 heteroatoms. The van der Waals surface area contributed by atoms with Crippen LogP contribution in [0, 0.1) is 0 Å². The lowest BCUT2D eigenvalue weighted by molar-refractivity contribution is -0.246. The Morgan fingerprint density at radius 3 is 2.48 bits per heavy atom. The summed E-state index contributed by atoms with van der Waals surface area (Å²) in [6.07, 6.45) is -2.76. The molecule has 1 N–H and O–H groups in total. The Hall–Kier alpha value is -1.72. The monoisotopic (exact) mass is 334 g/mol. The fourth-order valence-corrected chi connectivity index (χ4v) is 4.42. The van der Waals surface area contributed by atoms with Crippen molar-refractivity contribution in [3.05, 3.63) is 70.6 Å². The van der Waals surface area contributed by atoms with Crippen LogP contribution in [0.25, 0.3) is 11.1 Å². The number of allylic oxidation sites excluding steroid dienone is 1. The van der Waals surface area contributed by atoms with Crippen molar-refractivity contribution in [1.29, 1.82) is 0 Å². The molecule has 1 aliphatic carbocycles. The molecule has 1 aliphatic heterocycles. The third-order valence-electron chi connectivity index (χ3n) is 4.57. The van der Waals surface area contributed by atoms with E-state index >= 15 is 0 Å². The lowest BCUT2D eigenvalue weighted by atomic mass is 9.88. The number of alkyl halides is 3. The minimum absolute atomic E-state index is 0.0611. The number of thioether (sulfide) groups is 1. The molecule has 2 atom stereocenters. The zero-order valence-electron chi connectivity index (χ0n) is 12.0. The lowest BCUT2D eigenvalue weighted by Gasteiger charge is -2.28. The van der Waals surface area contributed by atoms with Crippen LogP contribution in [0.1, 0.15) is 22.6 Å². The molecule has 2 unspecified atom stereocenters. The smallest absolute Gasteiger partial charge is 0.372 e. The van der Waals surface area contributed by atoms with Crippen molar-refractivity contribution in [1.82, 2.24) is 0 Å². The maximum atomic E-state index is 13.7. The average Bonchev–Trinajstić information content (AvgIpc) is 3.14. The van der Waals surface area contributed by atoms with Crippen LogP contribution in [-0.2, 0) is 5.60 Å². The van der Waals surface area contributed by atoms with Gasteiger partial charge in [-0.2, -0.15) is 13.2 Å². The molecule has 0 aromatic heterocycles. The topological polar surface area (TPSA) is 20.2 Å². The van der Waals surface area contributed by atoms with Gasteiger partial charge in [0.15, 0.2) is 0 Å². The van der Waals surface area contributed by atoms with E-state index in [4.69, 9.17) is 0 Å². The Morgan fingerprint density at radius 2 is 1.78 bits per heavy atom. The Balaban J connectivity index is 2.05. The van der Waals surface area contributed by atoms with E-state index in [0.29, 0.717) is 11.1 Å². The van der Waals surface area contributed by atoms with E-state index in [1.165, 1.54) is 18.2 Å². The van der Waals surface area contributed by atoms with Gasteiger partial charge in [-0.3, -0.25) is 0 Å². The number of rotatable bonds is 1. The van der Waals surface area contributed by atoms with E-state index in [1.54, 1.807) is 30.0 Å². The first-order valence-electron chi connectivity index (χ1n) is 7.25. The van der Waals surface area contributed by atoms with Gasteiger partial charge in [0, 0.05) is 22.8 Å². The summed E-state index contributed by atoms with van der Waals surface area (Å²) in [7, 11) is 0. The van der Waals surface area contributed by atoms with Gasteiger partial charge in [-0.1, -0.05) is 48.5 Å². The van der Waals surface area contributed by atoms with E-state index in [1.807, 2.05) is 17.6 Å². The van der Waals surface area contributed by atoms with Crippen molar-refractivity contribution in [2.45, 2.75) is 17.7 Å². The fourth-order valence-electron chi connectivity index (χ4n) is 3.51. The summed E-state index contributed by atoms with van der Waals surface area (Å²) in [6, 6.07) is 11.1. The van der Waals surface area contributed by atoms with E-state index in [2.05, 4.69) is 0 Å². The van der Waals surface area contributed by atoms with E-state index in [-0.39, 0.29) is 17.0 Å². The molecule has 0 saturated carbocycles. The largest absolute Gasteiger partial charge is 0.425 e. The predicted molar refractivity (Wildman–Crippen MR) is 85.3 cm³/mol. The van der Waals surface area contributed by atoms with Gasteiger partial charge < -0.3 is 5.11 Å². The third-order valence-corrected chi connectivity index (χ3v) is 5.47. The SMILES string of the molecule is OC1(C(F)(F)F)c2ccccc2-c2c(C3C=CSC3)cccc21. The summed E-state index contributed by atoms with van der Waals surface area (Å²) < 4.78 is 41.2. The summed E-state index contributed by atoms with van der Waals surface area (Å²) in [6.45, 7) is 0. The quantitative estimate of drug-likeness (QED) is 0.808. The summed E-state index contributed by atoms with van der Waals surface area (Å²) in [5.41, 5.74) is -1.23. The standard InChI is InChI=1S/C18H13F3OS/c19-18(20,21)17(22)14-6-2-1-4-13(14)16-12(5-3-7-15(16)17)11-8-9-23-10-11/h1-9,11,22H,10H2. The van der Waals surface area contributed by atoms with Crippen LogP contribution < -0.4 is 0 Å². The number of benzene rings is 2. The molecule has 23 heavy (non-hydrogen) atoms. The molecule has 1 nitrogen and oxygen atoms in total. The zero-order valence-corrected chi connectivity index (χ0v) is 12.8. The fraction of sp³-hybridized carbons (Fsp3) is 0.222. The number of fused-ring (bicyclic) bond motifs is 3. The maximum absolute atomic E-state index is 13.7. The molecule has 0 saturated heterocycles. The highest BCUT2D eigenvalue weighted by Crippen LogP contribution is 2.56. The molecule has 2 aromatic rings. The number of hydrogen-bond donors (Lipinski definition) is 1. The predicted octanol–water partition coefficient (Wildman–Crippen LogP) is 4.81. The molecule has 4 rings (SSSR count). The van der Waals surface area contributed by atoms with Crippen LogP contribution in [0.4, 0.5) is 13.2 Å². The molecule has 0 fully saturated rings. The van der Waals surface area contributed by atoms with Crippen molar-refractivity contribution >= 4 is 11.8 Å². The van der Waals surface area contributed by atoms with Crippen molar-refractivity contribution in [3.63, 3.8) is 0 Å². The minimum atomic E-state index is -4.77. The molecular weight excluding hydrogens is 321 g/mol. The second kappa shape index (κ2) is 4.89. The second-order valence-corrected chi connectivity index (χ2v) is 6.73. The first-order chi connectivity index (χ1) is 10.9. The Labute approximate surface area is 135 Å². The minimum Gasteiger partial charge on any atom is -0.372 e. The molecule has 2 aromatic carbocycles. The van der Waals surface area contributed by atoms with Gasteiger partial charge in [0.2, 0.25) is 5.60 Å². The molecule has 0 bridgehead atoms. The summed E-state index contributed by atoms with van der Waals surface area (Å²) in [5, 5.41) is 12.6. The Morgan fingerprint density at radius 1 is 1.04 bits per heavy atom. The molecule has 0 spiro atoms. The van der Waals surface area contributed by atoms with Gasteiger partial charge in [0.25, 0.3) is 0 Å². The maximum Gasteiger partial charge on any atom is 0.425 e. The van der Waals surface area contributed by atoms with Crippen molar-refractivity contribution in [2.24, 2.45) is 0 Å². The molecular formula is C18H13F3OS. The first kappa shape index (κ1) is 14.8. The van der Waals surface area contributed by atoms with E-state index in [9.17, 15) is 18.3 Å². The van der Waals surface area contributed by atoms with Gasteiger partial charge >= 0.3 is 6.18 Å². The van der Waals surface area contributed by atoms with Crippen LogP contribution in [0.15, 0.2) is 53.9 Å². The number of halogens is 3. The van der Waals surface area contributed by atoms with E-state index in [0.717, 1.165) is 11.3 Å². The second-order valence-electron chi connectivity index (χ2n) is 5.79. The van der Waals surface area contributed by atoms with Crippen LogP contribution in [-0.4, -0.2) is 17.0 Å². The van der Waals surface area contributed by atoms with Crippen LogP contribution in [0.5, 0.6) is 0 Å². The van der Waals surface area contributed by atoms with Gasteiger partial charge in [0.1, 0.15) is 0 Å².